The average molecular weight is 310 g/mol. The van der Waals surface area contributed by atoms with Crippen molar-refractivity contribution in [2.45, 2.75) is 0 Å². The summed E-state index contributed by atoms with van der Waals surface area (Å²) in [5.74, 6) is 0.482. The SMILES string of the molecule is Cn1c([N+](=O)[O-])cnc1/C=C/c1ccc(N2C=CC=CO2)cc1. The molecule has 1 aromatic carbocycles. The standard InChI is InChI=1S/C16H14N4O3/c1-18-15(17-12-16(18)20(21)22)9-6-13-4-7-14(8-5-13)19-10-2-3-11-23-19/h2-12H,1H3/b9-6+. The highest BCUT2D eigenvalue weighted by Gasteiger charge is 2.13. The number of hydrogen-bond donors (Lipinski definition) is 0. The van der Waals surface area contributed by atoms with Gasteiger partial charge in [-0.05, 0) is 40.8 Å². The maximum Gasteiger partial charge on any atom is 0.342 e. The van der Waals surface area contributed by atoms with Crippen LogP contribution in [0.2, 0.25) is 0 Å². The van der Waals surface area contributed by atoms with Gasteiger partial charge in [0.05, 0.1) is 12.7 Å². The summed E-state index contributed by atoms with van der Waals surface area (Å²) in [6, 6.07) is 7.70. The molecule has 0 saturated carbocycles. The molecule has 2 heterocycles. The molecule has 0 aliphatic carbocycles. The molecule has 0 spiro atoms. The Bertz CT molecular complexity index is 803. The third-order valence-corrected chi connectivity index (χ3v) is 3.34. The van der Waals surface area contributed by atoms with E-state index in [9.17, 15) is 10.1 Å². The van der Waals surface area contributed by atoms with Crippen LogP contribution in [0.5, 0.6) is 0 Å². The van der Waals surface area contributed by atoms with E-state index in [0.29, 0.717) is 5.82 Å². The third kappa shape index (κ3) is 3.13. The molecule has 0 N–H and O–H groups in total. The molecule has 1 aliphatic rings. The van der Waals surface area contributed by atoms with E-state index in [1.165, 1.54) is 10.8 Å². The number of allylic oxidation sites excluding steroid dienone is 2. The number of anilines is 1. The molecule has 0 bridgehead atoms. The number of rotatable bonds is 4. The van der Waals surface area contributed by atoms with E-state index >= 15 is 0 Å². The van der Waals surface area contributed by atoms with Crippen LogP contribution in [0.25, 0.3) is 12.2 Å². The van der Waals surface area contributed by atoms with Gasteiger partial charge in [0, 0.05) is 12.3 Å². The molecule has 7 heteroatoms. The van der Waals surface area contributed by atoms with Crippen LogP contribution in [0.15, 0.2) is 55.1 Å². The van der Waals surface area contributed by atoms with Crippen molar-refractivity contribution < 1.29 is 9.76 Å². The molecule has 0 atom stereocenters. The van der Waals surface area contributed by atoms with Crippen molar-refractivity contribution in [2.24, 2.45) is 7.05 Å². The number of imidazole rings is 1. The number of nitrogens with zero attached hydrogens (tertiary/aromatic N) is 4. The molecule has 0 unspecified atom stereocenters. The van der Waals surface area contributed by atoms with Gasteiger partial charge in [-0.15, -0.1) is 0 Å². The smallest absolute Gasteiger partial charge is 0.342 e. The van der Waals surface area contributed by atoms with Crippen molar-refractivity contribution in [3.8, 4) is 0 Å². The Morgan fingerprint density at radius 3 is 2.61 bits per heavy atom. The van der Waals surface area contributed by atoms with Crippen molar-refractivity contribution in [3.63, 3.8) is 0 Å². The first-order valence-electron chi connectivity index (χ1n) is 6.89. The number of hydroxylamine groups is 1. The average Bonchev–Trinajstić information content (AvgIpc) is 2.95. The summed E-state index contributed by atoms with van der Waals surface area (Å²) < 4.78 is 1.43. The first-order chi connectivity index (χ1) is 11.1. The maximum atomic E-state index is 10.8. The van der Waals surface area contributed by atoms with Gasteiger partial charge >= 0.3 is 5.82 Å². The fraction of sp³-hybridized carbons (Fsp3) is 0.0625. The molecule has 3 rings (SSSR count). The minimum absolute atomic E-state index is 0.0397. The molecule has 0 amide bonds. The third-order valence-electron chi connectivity index (χ3n) is 3.34. The van der Waals surface area contributed by atoms with E-state index in [0.717, 1.165) is 11.3 Å². The number of benzene rings is 1. The van der Waals surface area contributed by atoms with E-state index in [1.54, 1.807) is 30.5 Å². The van der Waals surface area contributed by atoms with Crippen LogP contribution in [0.4, 0.5) is 11.5 Å². The molecular weight excluding hydrogens is 296 g/mol. The summed E-state index contributed by atoms with van der Waals surface area (Å²) in [6.45, 7) is 0. The second-order valence-electron chi connectivity index (χ2n) is 4.82. The summed E-state index contributed by atoms with van der Waals surface area (Å²) in [5, 5.41) is 12.4. The van der Waals surface area contributed by atoms with Gasteiger partial charge in [0.15, 0.2) is 0 Å². The fourth-order valence-corrected chi connectivity index (χ4v) is 2.10. The minimum atomic E-state index is -0.459. The van der Waals surface area contributed by atoms with Crippen LogP contribution < -0.4 is 5.06 Å². The molecule has 0 fully saturated rings. The lowest BCUT2D eigenvalue weighted by Gasteiger charge is -2.19. The van der Waals surface area contributed by atoms with Crippen molar-refractivity contribution >= 4 is 23.7 Å². The van der Waals surface area contributed by atoms with Crippen molar-refractivity contribution in [3.05, 3.63) is 76.6 Å². The highest BCUT2D eigenvalue weighted by atomic mass is 16.7. The van der Waals surface area contributed by atoms with Crippen LogP contribution in [0.3, 0.4) is 0 Å². The molecule has 1 aliphatic heterocycles. The Kier molecular flexibility index (Phi) is 3.92. The van der Waals surface area contributed by atoms with E-state index in [1.807, 2.05) is 42.6 Å². The van der Waals surface area contributed by atoms with Gasteiger partial charge in [0.2, 0.25) is 5.82 Å². The highest BCUT2D eigenvalue weighted by Crippen LogP contribution is 2.19. The Hall–Kier alpha value is -3.35. The van der Waals surface area contributed by atoms with Crippen LogP contribution >= 0.6 is 0 Å². The topological polar surface area (TPSA) is 73.4 Å². The minimum Gasteiger partial charge on any atom is -0.383 e. The largest absolute Gasteiger partial charge is 0.383 e. The predicted octanol–water partition coefficient (Wildman–Crippen LogP) is 3.28. The summed E-state index contributed by atoms with van der Waals surface area (Å²) >= 11 is 0. The predicted molar refractivity (Wildman–Crippen MR) is 87.1 cm³/mol. The molecule has 2 aromatic rings. The first-order valence-corrected chi connectivity index (χ1v) is 6.89. The molecule has 7 nitrogen and oxygen atoms in total. The van der Waals surface area contributed by atoms with Gasteiger partial charge in [0.25, 0.3) is 0 Å². The number of aromatic nitrogens is 2. The number of hydrogen-bond acceptors (Lipinski definition) is 5. The molecule has 1 aromatic heterocycles. The Morgan fingerprint density at radius 2 is 2.00 bits per heavy atom. The fourth-order valence-electron chi connectivity index (χ4n) is 2.10. The van der Waals surface area contributed by atoms with Crippen molar-refractivity contribution in [2.75, 3.05) is 5.06 Å². The second-order valence-corrected chi connectivity index (χ2v) is 4.82. The molecule has 0 saturated heterocycles. The monoisotopic (exact) mass is 310 g/mol. The van der Waals surface area contributed by atoms with Crippen LogP contribution in [-0.4, -0.2) is 14.5 Å². The molecular formula is C16H14N4O3. The Balaban J connectivity index is 1.74. The van der Waals surface area contributed by atoms with E-state index < -0.39 is 4.92 Å². The summed E-state index contributed by atoms with van der Waals surface area (Å²) in [5.41, 5.74) is 1.85. The summed E-state index contributed by atoms with van der Waals surface area (Å²) in [4.78, 5) is 19.7. The quantitative estimate of drug-likeness (QED) is 0.640. The van der Waals surface area contributed by atoms with Gasteiger partial charge in [-0.2, -0.15) is 5.06 Å². The first kappa shape index (κ1) is 14.6. The maximum absolute atomic E-state index is 10.8. The molecule has 116 valence electrons. The second kappa shape index (κ2) is 6.18. The zero-order chi connectivity index (χ0) is 16.2. The van der Waals surface area contributed by atoms with Crippen molar-refractivity contribution in [1.29, 1.82) is 0 Å². The lowest BCUT2D eigenvalue weighted by molar-refractivity contribution is -0.391. The zero-order valence-corrected chi connectivity index (χ0v) is 12.4. The van der Waals surface area contributed by atoms with Gasteiger partial charge in [-0.25, -0.2) is 9.55 Å². The lowest BCUT2D eigenvalue weighted by Crippen LogP contribution is -2.14. The van der Waals surface area contributed by atoms with Gasteiger partial charge < -0.3 is 15.0 Å². The van der Waals surface area contributed by atoms with Gasteiger partial charge in [-0.1, -0.05) is 12.1 Å². The summed E-state index contributed by atoms with van der Waals surface area (Å²) in [7, 11) is 1.61. The normalized spacial score (nSPS) is 13.5. The van der Waals surface area contributed by atoms with Crippen LogP contribution in [0, 0.1) is 10.1 Å². The van der Waals surface area contributed by atoms with E-state index in [4.69, 9.17) is 4.84 Å². The van der Waals surface area contributed by atoms with Gasteiger partial charge in [0.1, 0.15) is 12.5 Å². The van der Waals surface area contributed by atoms with E-state index in [2.05, 4.69) is 4.98 Å². The molecule has 23 heavy (non-hydrogen) atoms. The molecule has 0 radical (unpaired) electrons. The van der Waals surface area contributed by atoms with Crippen LogP contribution in [-0.2, 0) is 11.9 Å². The van der Waals surface area contributed by atoms with Gasteiger partial charge in [-0.3, -0.25) is 0 Å². The Labute approximate surface area is 132 Å². The lowest BCUT2D eigenvalue weighted by atomic mass is 10.2. The zero-order valence-electron chi connectivity index (χ0n) is 12.4. The number of nitro groups is 1. The van der Waals surface area contributed by atoms with Crippen molar-refractivity contribution in [1.82, 2.24) is 9.55 Å². The summed E-state index contributed by atoms with van der Waals surface area (Å²) in [6.07, 6.45) is 11.9. The van der Waals surface area contributed by atoms with Crippen LogP contribution in [0.1, 0.15) is 11.4 Å². The highest BCUT2D eigenvalue weighted by molar-refractivity contribution is 5.68. The van der Waals surface area contributed by atoms with E-state index in [-0.39, 0.29) is 5.82 Å². The Morgan fingerprint density at radius 1 is 1.22 bits per heavy atom.